The first-order valence-electron chi connectivity index (χ1n) is 4.99. The highest BCUT2D eigenvalue weighted by atomic mass is 15.4. The molecule has 2 bridgehead atoms. The maximum Gasteiger partial charge on any atom is 0.314 e. The summed E-state index contributed by atoms with van der Waals surface area (Å²) in [7, 11) is 0. The highest BCUT2D eigenvalue weighted by molar-refractivity contribution is 6.50. The number of fused-ring (bicyclic) bond motifs is 1. The summed E-state index contributed by atoms with van der Waals surface area (Å²) in [6.45, 7) is 0.760. The first-order chi connectivity index (χ1) is 7.27. The van der Waals surface area contributed by atoms with Gasteiger partial charge in [-0.3, -0.25) is 5.41 Å². The fraction of sp³-hybridized carbons (Fsp3) is 0.182. The molecule has 0 fully saturated rings. The molecule has 1 aromatic carbocycles. The fourth-order valence-electron chi connectivity index (χ4n) is 2.73. The molecule has 0 unspecified atom stereocenters. The second kappa shape index (κ2) is 2.00. The summed E-state index contributed by atoms with van der Waals surface area (Å²) in [6.07, 6.45) is 0.885. The predicted molar refractivity (Wildman–Crippen MR) is 57.0 cm³/mol. The highest BCUT2D eigenvalue weighted by Crippen LogP contribution is 2.38. The Hall–Kier alpha value is -1.97. The smallest absolute Gasteiger partial charge is 0.264 e. The van der Waals surface area contributed by atoms with Crippen molar-refractivity contribution in [1.29, 1.82) is 10.8 Å². The van der Waals surface area contributed by atoms with Crippen LogP contribution in [0.3, 0.4) is 0 Å². The molecule has 3 aliphatic rings. The lowest BCUT2D eigenvalue weighted by Crippen LogP contribution is -2.29. The van der Waals surface area contributed by atoms with E-state index in [-0.39, 0.29) is 0 Å². The van der Waals surface area contributed by atoms with E-state index < -0.39 is 0 Å². The number of amidine groups is 3. The maximum absolute atomic E-state index is 7.91. The Balaban J connectivity index is 2.14. The second-order valence-electron chi connectivity index (χ2n) is 4.13. The molecule has 72 valence electrons. The van der Waals surface area contributed by atoms with E-state index in [1.165, 1.54) is 11.1 Å². The van der Waals surface area contributed by atoms with Gasteiger partial charge in [-0.2, -0.15) is 5.41 Å². The number of nitrogens with one attached hydrogen (secondary N) is 2. The van der Waals surface area contributed by atoms with E-state index in [2.05, 4.69) is 6.07 Å². The normalized spacial score (nSPS) is 20.7. The fourth-order valence-corrected chi connectivity index (χ4v) is 2.73. The van der Waals surface area contributed by atoms with Crippen LogP contribution in [0.25, 0.3) is 0 Å². The van der Waals surface area contributed by atoms with Gasteiger partial charge in [0.2, 0.25) is 5.84 Å². The average Bonchev–Trinajstić information content (AvgIpc) is 2.72. The standard InChI is InChI=1S/C11H9N4/c12-10-11(13)15-8-3-1-2-6-5-14(10)9(15)4-7(6)8/h1-3,12-13H,4-5H2/q+1. The lowest BCUT2D eigenvalue weighted by Gasteiger charge is -2.12. The van der Waals surface area contributed by atoms with E-state index in [9.17, 15) is 0 Å². The number of hydrogen-bond acceptors (Lipinski definition) is 2. The van der Waals surface area contributed by atoms with Crippen LogP contribution in [0.2, 0.25) is 0 Å². The van der Waals surface area contributed by atoms with Crippen molar-refractivity contribution in [2.24, 2.45) is 0 Å². The van der Waals surface area contributed by atoms with Gasteiger partial charge in [-0.05, 0) is 11.6 Å². The summed E-state index contributed by atoms with van der Waals surface area (Å²) in [6, 6.07) is 6.20. The number of rotatable bonds is 0. The molecule has 0 spiro atoms. The third-order valence-electron chi connectivity index (χ3n) is 3.44. The van der Waals surface area contributed by atoms with Crippen LogP contribution in [0, 0.1) is 10.8 Å². The monoisotopic (exact) mass is 197 g/mol. The van der Waals surface area contributed by atoms with Gasteiger partial charge >= 0.3 is 5.84 Å². The van der Waals surface area contributed by atoms with Crippen LogP contribution in [-0.4, -0.2) is 22.1 Å². The van der Waals surface area contributed by atoms with Crippen molar-refractivity contribution >= 4 is 23.2 Å². The minimum atomic E-state index is 0.320. The van der Waals surface area contributed by atoms with E-state index in [1.807, 2.05) is 21.6 Å². The Morgan fingerprint density at radius 3 is 3.00 bits per heavy atom. The van der Waals surface area contributed by atoms with Gasteiger partial charge in [0, 0.05) is 5.56 Å². The topological polar surface area (TPSA) is 54.0 Å². The largest absolute Gasteiger partial charge is 0.314 e. The lowest BCUT2D eigenvalue weighted by molar-refractivity contribution is -0.424. The van der Waals surface area contributed by atoms with Crippen LogP contribution in [-0.2, 0) is 13.0 Å². The zero-order valence-corrected chi connectivity index (χ0v) is 8.04. The molecule has 15 heavy (non-hydrogen) atoms. The second-order valence-corrected chi connectivity index (χ2v) is 4.13. The van der Waals surface area contributed by atoms with Crippen molar-refractivity contribution in [3.63, 3.8) is 0 Å². The van der Waals surface area contributed by atoms with Crippen molar-refractivity contribution in [3.8, 4) is 0 Å². The molecule has 0 aliphatic carbocycles. The van der Waals surface area contributed by atoms with Gasteiger partial charge < -0.3 is 0 Å². The lowest BCUT2D eigenvalue weighted by atomic mass is 10.0. The minimum Gasteiger partial charge on any atom is -0.264 e. The number of benzene rings is 1. The molecular weight excluding hydrogens is 188 g/mol. The molecule has 0 amide bonds. The zero-order valence-electron chi connectivity index (χ0n) is 8.04. The van der Waals surface area contributed by atoms with Crippen molar-refractivity contribution in [3.05, 3.63) is 29.3 Å². The summed E-state index contributed by atoms with van der Waals surface area (Å²) in [5.74, 6) is 1.75. The molecule has 3 aliphatic heterocycles. The molecule has 4 nitrogen and oxygen atoms in total. The molecule has 0 saturated heterocycles. The first kappa shape index (κ1) is 7.34. The number of hydrogen-bond donors (Lipinski definition) is 2. The number of anilines is 1. The first-order valence-corrected chi connectivity index (χ1v) is 4.99. The van der Waals surface area contributed by atoms with Gasteiger partial charge in [0.25, 0.3) is 5.84 Å². The Kier molecular flexibility index (Phi) is 0.980. The van der Waals surface area contributed by atoms with Crippen molar-refractivity contribution < 1.29 is 4.58 Å². The van der Waals surface area contributed by atoms with E-state index in [0.29, 0.717) is 11.7 Å². The summed E-state index contributed by atoms with van der Waals surface area (Å²) >= 11 is 0. The van der Waals surface area contributed by atoms with Crippen LogP contribution in [0.4, 0.5) is 5.69 Å². The summed E-state index contributed by atoms with van der Waals surface area (Å²) in [5, 5.41) is 15.8. The number of nitrogens with zero attached hydrogens (tertiary/aromatic N) is 2. The minimum absolute atomic E-state index is 0.320. The quantitative estimate of drug-likeness (QED) is 0.597. The van der Waals surface area contributed by atoms with Crippen LogP contribution in [0.5, 0.6) is 0 Å². The van der Waals surface area contributed by atoms with Gasteiger partial charge in [-0.15, -0.1) is 0 Å². The molecule has 0 saturated carbocycles. The predicted octanol–water partition coefficient (Wildman–Crippen LogP) is 0.942. The summed E-state index contributed by atoms with van der Waals surface area (Å²) in [5.41, 5.74) is 3.76. The average molecular weight is 197 g/mol. The summed E-state index contributed by atoms with van der Waals surface area (Å²) < 4.78 is 1.94. The third-order valence-corrected chi connectivity index (χ3v) is 3.44. The molecule has 4 heteroatoms. The molecule has 3 heterocycles. The van der Waals surface area contributed by atoms with E-state index in [0.717, 1.165) is 24.5 Å². The Morgan fingerprint density at radius 2 is 2.13 bits per heavy atom. The Bertz CT molecular complexity index is 582. The van der Waals surface area contributed by atoms with E-state index in [4.69, 9.17) is 10.8 Å². The zero-order chi connectivity index (χ0) is 10.2. The molecule has 4 rings (SSSR count). The van der Waals surface area contributed by atoms with Crippen LogP contribution >= 0.6 is 0 Å². The SMILES string of the molecule is N=C1C(=N)[N+]2=C3Cc4c(cccc4N13)C2. The van der Waals surface area contributed by atoms with Crippen LogP contribution < -0.4 is 4.90 Å². The molecule has 1 aromatic rings. The Labute approximate surface area is 86.5 Å². The van der Waals surface area contributed by atoms with Gasteiger partial charge in [-0.25, -0.2) is 9.48 Å². The highest BCUT2D eigenvalue weighted by Gasteiger charge is 2.49. The third kappa shape index (κ3) is 0.624. The molecule has 0 radical (unpaired) electrons. The van der Waals surface area contributed by atoms with E-state index >= 15 is 0 Å². The van der Waals surface area contributed by atoms with E-state index in [1.54, 1.807) is 0 Å². The van der Waals surface area contributed by atoms with Crippen molar-refractivity contribution in [1.82, 2.24) is 0 Å². The molecular formula is C11H9N4+. The van der Waals surface area contributed by atoms with Crippen molar-refractivity contribution in [2.45, 2.75) is 13.0 Å². The molecule has 0 aromatic heterocycles. The van der Waals surface area contributed by atoms with Gasteiger partial charge in [0.05, 0.1) is 13.0 Å². The molecule has 0 atom stereocenters. The Morgan fingerprint density at radius 1 is 1.27 bits per heavy atom. The molecule has 2 N–H and O–H groups in total. The summed E-state index contributed by atoms with van der Waals surface area (Å²) in [4.78, 5) is 1.91. The van der Waals surface area contributed by atoms with Gasteiger partial charge in [0.1, 0.15) is 5.69 Å². The maximum atomic E-state index is 7.91. The van der Waals surface area contributed by atoms with Gasteiger partial charge in [0.15, 0.2) is 0 Å². The van der Waals surface area contributed by atoms with Gasteiger partial charge in [-0.1, -0.05) is 12.1 Å². The van der Waals surface area contributed by atoms with Crippen molar-refractivity contribution in [2.75, 3.05) is 4.90 Å². The van der Waals surface area contributed by atoms with Crippen LogP contribution in [0.1, 0.15) is 11.1 Å². The van der Waals surface area contributed by atoms with Crippen LogP contribution in [0.15, 0.2) is 18.2 Å².